The standard InChI is InChI=1S/C8H12N2O3S/c1-14-5-3-2-4-10-7(12)6(11)9-8(10)13/h2-5H2,1H3,(H,9,11,13). The van der Waals surface area contributed by atoms with Crippen molar-refractivity contribution >= 4 is 29.6 Å². The number of imide groups is 2. The van der Waals surface area contributed by atoms with Crippen LogP contribution in [0.15, 0.2) is 0 Å². The van der Waals surface area contributed by atoms with Gasteiger partial charge in [0, 0.05) is 6.54 Å². The van der Waals surface area contributed by atoms with Crippen LogP contribution in [0, 0.1) is 0 Å². The highest BCUT2D eigenvalue weighted by atomic mass is 32.2. The van der Waals surface area contributed by atoms with Gasteiger partial charge in [0.15, 0.2) is 0 Å². The lowest BCUT2D eigenvalue weighted by atomic mass is 10.3. The molecule has 0 aromatic rings. The maximum Gasteiger partial charge on any atom is 0.331 e. The molecule has 1 N–H and O–H groups in total. The van der Waals surface area contributed by atoms with Crippen LogP contribution >= 0.6 is 11.8 Å². The van der Waals surface area contributed by atoms with E-state index in [0.29, 0.717) is 6.54 Å². The molecule has 0 atom stereocenters. The Balaban J connectivity index is 2.33. The Bertz CT molecular complexity index is 267. The molecule has 0 aromatic heterocycles. The van der Waals surface area contributed by atoms with E-state index < -0.39 is 17.8 Å². The van der Waals surface area contributed by atoms with E-state index in [1.165, 1.54) is 0 Å². The molecule has 78 valence electrons. The summed E-state index contributed by atoms with van der Waals surface area (Å²) < 4.78 is 0. The van der Waals surface area contributed by atoms with Crippen LogP contribution in [0.4, 0.5) is 4.79 Å². The summed E-state index contributed by atoms with van der Waals surface area (Å²) in [5.74, 6) is -0.559. The SMILES string of the molecule is CSCCCCN1C(=O)NC(=O)C1=O. The normalized spacial score (nSPS) is 16.4. The van der Waals surface area contributed by atoms with Crippen LogP contribution in [-0.2, 0) is 9.59 Å². The van der Waals surface area contributed by atoms with Crippen LogP contribution < -0.4 is 5.32 Å². The summed E-state index contributed by atoms with van der Waals surface area (Å²) >= 11 is 1.72. The highest BCUT2D eigenvalue weighted by molar-refractivity contribution is 7.98. The third-order valence-corrected chi connectivity index (χ3v) is 2.58. The van der Waals surface area contributed by atoms with Gasteiger partial charge in [-0.05, 0) is 24.9 Å². The zero-order valence-corrected chi connectivity index (χ0v) is 8.73. The molecule has 1 rings (SSSR count). The molecule has 14 heavy (non-hydrogen) atoms. The molecule has 0 radical (unpaired) electrons. The summed E-state index contributed by atoms with van der Waals surface area (Å²) in [4.78, 5) is 33.8. The van der Waals surface area contributed by atoms with Crippen molar-refractivity contribution in [3.05, 3.63) is 0 Å². The Morgan fingerprint density at radius 1 is 1.29 bits per heavy atom. The van der Waals surface area contributed by atoms with Gasteiger partial charge >= 0.3 is 17.8 Å². The van der Waals surface area contributed by atoms with Gasteiger partial charge in [0.1, 0.15) is 0 Å². The zero-order chi connectivity index (χ0) is 10.6. The number of carbonyl (C=O) groups excluding carboxylic acids is 3. The second-order valence-electron chi connectivity index (χ2n) is 2.92. The Morgan fingerprint density at radius 3 is 2.50 bits per heavy atom. The lowest BCUT2D eigenvalue weighted by Crippen LogP contribution is -2.32. The molecule has 1 aliphatic rings. The number of hydrogen-bond acceptors (Lipinski definition) is 4. The average molecular weight is 216 g/mol. The molecular formula is C8H12N2O3S. The van der Waals surface area contributed by atoms with Gasteiger partial charge in [0.25, 0.3) is 0 Å². The third-order valence-electron chi connectivity index (χ3n) is 1.89. The summed E-state index contributed by atoms with van der Waals surface area (Å²) in [5, 5.41) is 1.95. The molecule has 4 amide bonds. The number of amides is 4. The summed E-state index contributed by atoms with van der Waals surface area (Å²) in [5.41, 5.74) is 0. The molecule has 1 heterocycles. The first-order valence-electron chi connectivity index (χ1n) is 4.32. The first-order chi connectivity index (χ1) is 6.66. The first-order valence-corrected chi connectivity index (χ1v) is 5.72. The average Bonchev–Trinajstić information content (AvgIpc) is 2.38. The predicted octanol–water partition coefficient (Wildman–Crippen LogP) is 0.208. The second kappa shape index (κ2) is 4.99. The number of urea groups is 1. The monoisotopic (exact) mass is 216 g/mol. The number of nitrogens with one attached hydrogen (secondary N) is 1. The van der Waals surface area contributed by atoms with Crippen molar-refractivity contribution in [2.75, 3.05) is 18.6 Å². The summed E-state index contributed by atoms with van der Waals surface area (Å²) in [7, 11) is 0. The minimum absolute atomic E-state index is 0.330. The fourth-order valence-corrected chi connectivity index (χ4v) is 1.65. The quantitative estimate of drug-likeness (QED) is 0.405. The maximum atomic E-state index is 11.1. The number of hydrogen-bond donors (Lipinski definition) is 1. The third kappa shape index (κ3) is 2.47. The van der Waals surface area contributed by atoms with E-state index in [-0.39, 0.29) is 0 Å². The zero-order valence-electron chi connectivity index (χ0n) is 7.91. The highest BCUT2D eigenvalue weighted by Crippen LogP contribution is 2.05. The Hall–Kier alpha value is -1.04. The maximum absolute atomic E-state index is 11.1. The fraction of sp³-hybridized carbons (Fsp3) is 0.625. The van der Waals surface area contributed by atoms with Crippen LogP contribution in [-0.4, -0.2) is 41.3 Å². The molecule has 1 saturated heterocycles. The lowest BCUT2D eigenvalue weighted by molar-refractivity contribution is -0.140. The van der Waals surface area contributed by atoms with E-state index in [4.69, 9.17) is 0 Å². The van der Waals surface area contributed by atoms with Gasteiger partial charge in [-0.15, -0.1) is 0 Å². The minimum atomic E-state index is -0.820. The van der Waals surface area contributed by atoms with Crippen molar-refractivity contribution < 1.29 is 14.4 Å². The van der Waals surface area contributed by atoms with E-state index in [2.05, 4.69) is 0 Å². The predicted molar refractivity (Wildman–Crippen MR) is 52.9 cm³/mol. The number of nitrogens with zero attached hydrogens (tertiary/aromatic N) is 1. The minimum Gasteiger partial charge on any atom is -0.269 e. The number of unbranched alkanes of at least 4 members (excludes halogenated alkanes) is 1. The van der Waals surface area contributed by atoms with Crippen LogP contribution in [0.3, 0.4) is 0 Å². The Labute approximate surface area is 86.2 Å². The molecule has 1 fully saturated rings. The molecule has 0 aliphatic carbocycles. The Morgan fingerprint density at radius 2 is 2.00 bits per heavy atom. The fourth-order valence-electron chi connectivity index (χ4n) is 1.15. The van der Waals surface area contributed by atoms with Crippen molar-refractivity contribution in [1.82, 2.24) is 10.2 Å². The number of thioether (sulfide) groups is 1. The van der Waals surface area contributed by atoms with Crippen LogP contribution in [0.25, 0.3) is 0 Å². The molecule has 0 unspecified atom stereocenters. The molecule has 0 spiro atoms. The van der Waals surface area contributed by atoms with E-state index in [0.717, 1.165) is 23.5 Å². The largest absolute Gasteiger partial charge is 0.331 e. The van der Waals surface area contributed by atoms with Gasteiger partial charge in [-0.25, -0.2) is 4.79 Å². The van der Waals surface area contributed by atoms with Gasteiger partial charge < -0.3 is 0 Å². The molecular weight excluding hydrogens is 204 g/mol. The van der Waals surface area contributed by atoms with Crippen LogP contribution in [0.2, 0.25) is 0 Å². The van der Waals surface area contributed by atoms with E-state index in [1.807, 2.05) is 11.6 Å². The van der Waals surface area contributed by atoms with Crippen molar-refractivity contribution in [1.29, 1.82) is 0 Å². The molecule has 6 heteroatoms. The van der Waals surface area contributed by atoms with E-state index in [9.17, 15) is 14.4 Å². The molecule has 5 nitrogen and oxygen atoms in total. The second-order valence-corrected chi connectivity index (χ2v) is 3.90. The van der Waals surface area contributed by atoms with E-state index >= 15 is 0 Å². The molecule has 0 bridgehead atoms. The van der Waals surface area contributed by atoms with E-state index in [1.54, 1.807) is 11.8 Å². The number of carbonyl (C=O) groups is 3. The molecule has 0 saturated carbocycles. The first kappa shape index (κ1) is 11.0. The van der Waals surface area contributed by atoms with Crippen molar-refractivity contribution in [3.63, 3.8) is 0 Å². The number of rotatable bonds is 5. The van der Waals surface area contributed by atoms with Crippen LogP contribution in [0.1, 0.15) is 12.8 Å². The smallest absolute Gasteiger partial charge is 0.269 e. The summed E-state index contributed by atoms with van der Waals surface area (Å²) in [6, 6.07) is -0.593. The van der Waals surface area contributed by atoms with Crippen molar-refractivity contribution in [2.45, 2.75) is 12.8 Å². The highest BCUT2D eigenvalue weighted by Gasteiger charge is 2.35. The van der Waals surface area contributed by atoms with Gasteiger partial charge in [-0.2, -0.15) is 11.8 Å². The summed E-state index contributed by atoms with van der Waals surface area (Å²) in [6.45, 7) is 0.330. The van der Waals surface area contributed by atoms with Gasteiger partial charge in [0.2, 0.25) is 0 Å². The topological polar surface area (TPSA) is 66.5 Å². The van der Waals surface area contributed by atoms with Gasteiger partial charge in [0.05, 0.1) is 0 Å². The molecule has 1 aliphatic heterocycles. The summed E-state index contributed by atoms with van der Waals surface area (Å²) in [6.07, 6.45) is 3.68. The van der Waals surface area contributed by atoms with Crippen LogP contribution in [0.5, 0.6) is 0 Å². The van der Waals surface area contributed by atoms with Gasteiger partial charge in [-0.1, -0.05) is 0 Å². The van der Waals surface area contributed by atoms with Crippen molar-refractivity contribution in [2.24, 2.45) is 0 Å². The Kier molecular flexibility index (Phi) is 3.94. The molecule has 0 aromatic carbocycles. The lowest BCUT2D eigenvalue weighted by Gasteiger charge is -2.09. The van der Waals surface area contributed by atoms with Crippen molar-refractivity contribution in [3.8, 4) is 0 Å². The van der Waals surface area contributed by atoms with Gasteiger partial charge in [-0.3, -0.25) is 19.8 Å².